The molecule has 1 fully saturated rings. The molecule has 2 aromatic heterocycles. The number of nitrogens with two attached hydrogens (primary N) is 1. The Kier molecular flexibility index (Phi) is 5.34. The number of hydrogen-bond donors (Lipinski definition) is 1. The third-order valence-corrected chi connectivity index (χ3v) is 7.03. The van der Waals surface area contributed by atoms with E-state index in [4.69, 9.17) is 14.9 Å². The van der Waals surface area contributed by atoms with Gasteiger partial charge >= 0.3 is 0 Å². The average Bonchev–Trinajstić information content (AvgIpc) is 3.54. The normalized spacial score (nSPS) is 15.7. The van der Waals surface area contributed by atoms with Gasteiger partial charge < -0.3 is 14.9 Å². The summed E-state index contributed by atoms with van der Waals surface area (Å²) in [5.41, 5.74) is 8.78. The fourth-order valence-corrected chi connectivity index (χ4v) is 5.35. The van der Waals surface area contributed by atoms with Gasteiger partial charge in [0.25, 0.3) is 0 Å². The van der Waals surface area contributed by atoms with E-state index < -0.39 is 6.04 Å². The smallest absolute Gasteiger partial charge is 0.132 e. The van der Waals surface area contributed by atoms with E-state index in [0.29, 0.717) is 0 Å². The Morgan fingerprint density at radius 2 is 1.93 bits per heavy atom. The molecule has 2 N–H and O–H groups in total. The zero-order chi connectivity index (χ0) is 20.5. The minimum Gasteiger partial charge on any atom is -0.496 e. The highest BCUT2D eigenvalue weighted by Gasteiger charge is 2.21. The van der Waals surface area contributed by atoms with Crippen LogP contribution in [0.2, 0.25) is 0 Å². The zero-order valence-electron chi connectivity index (χ0n) is 17.1. The molecule has 0 bridgehead atoms. The van der Waals surface area contributed by atoms with Gasteiger partial charge in [0.05, 0.1) is 19.4 Å². The van der Waals surface area contributed by atoms with E-state index in [0.717, 1.165) is 40.0 Å². The summed E-state index contributed by atoms with van der Waals surface area (Å²) in [7, 11) is 1.69. The third kappa shape index (κ3) is 3.65. The quantitative estimate of drug-likeness (QED) is 0.429. The van der Waals surface area contributed by atoms with Crippen molar-refractivity contribution in [3.63, 3.8) is 0 Å². The molecular formula is C25H26N2O2S. The van der Waals surface area contributed by atoms with Crippen molar-refractivity contribution in [1.82, 2.24) is 4.90 Å². The molecule has 3 heterocycles. The molecular weight excluding hydrogens is 392 g/mol. The number of hydrogen-bond acceptors (Lipinski definition) is 5. The van der Waals surface area contributed by atoms with Crippen molar-refractivity contribution in [2.45, 2.75) is 25.4 Å². The number of furan rings is 1. The molecule has 2 aromatic carbocycles. The number of benzene rings is 2. The van der Waals surface area contributed by atoms with Crippen molar-refractivity contribution in [2.75, 3.05) is 20.2 Å². The second-order valence-corrected chi connectivity index (χ2v) is 9.04. The molecule has 1 aliphatic rings. The van der Waals surface area contributed by atoms with E-state index in [9.17, 15) is 0 Å². The molecule has 1 atom stereocenters. The van der Waals surface area contributed by atoms with Crippen LogP contribution in [0.1, 0.15) is 35.1 Å². The first-order valence-electron chi connectivity index (χ1n) is 10.4. The first-order chi connectivity index (χ1) is 14.7. The molecule has 5 heteroatoms. The van der Waals surface area contributed by atoms with Crippen LogP contribution in [0.3, 0.4) is 0 Å². The minimum absolute atomic E-state index is 0.399. The van der Waals surface area contributed by atoms with Gasteiger partial charge in [0, 0.05) is 32.6 Å². The molecule has 1 aliphatic heterocycles. The van der Waals surface area contributed by atoms with Crippen LogP contribution in [-0.4, -0.2) is 25.1 Å². The largest absolute Gasteiger partial charge is 0.496 e. The molecule has 0 amide bonds. The lowest BCUT2D eigenvalue weighted by Crippen LogP contribution is -2.17. The Labute approximate surface area is 180 Å². The molecule has 0 aliphatic carbocycles. The fraction of sp³-hybridized carbons (Fsp3) is 0.280. The van der Waals surface area contributed by atoms with Gasteiger partial charge in [-0.05, 0) is 61.8 Å². The van der Waals surface area contributed by atoms with Crippen molar-refractivity contribution in [1.29, 1.82) is 0 Å². The van der Waals surface area contributed by atoms with Crippen molar-refractivity contribution in [2.24, 2.45) is 5.73 Å². The Balaban J connectivity index is 1.47. The molecule has 30 heavy (non-hydrogen) atoms. The number of thiophene rings is 1. The van der Waals surface area contributed by atoms with Crippen LogP contribution in [0.4, 0.5) is 0 Å². The lowest BCUT2D eigenvalue weighted by molar-refractivity contribution is 0.334. The number of likely N-dealkylation sites (tertiary alicyclic amines) is 1. The molecule has 0 radical (unpaired) electrons. The summed E-state index contributed by atoms with van der Waals surface area (Å²) in [6.07, 6.45) is 4.41. The SMILES string of the molecule is COc1ccc(-c2ccc(CN3CCCC3)s2)cc1C(N)c1occ2ccccc12. The zero-order valence-corrected chi connectivity index (χ0v) is 18.0. The van der Waals surface area contributed by atoms with Crippen LogP contribution in [0.15, 0.2) is 65.3 Å². The van der Waals surface area contributed by atoms with Gasteiger partial charge in [-0.3, -0.25) is 4.90 Å². The minimum atomic E-state index is -0.399. The lowest BCUT2D eigenvalue weighted by atomic mass is 9.98. The standard InChI is InChI=1S/C25H26N2O2S/c1-28-22-10-8-17(23-11-9-19(30-23)15-27-12-4-5-13-27)14-21(22)24(26)25-20-7-3-2-6-18(20)16-29-25/h2-3,6-11,14,16,24H,4-5,12-13,15,26H2,1H3. The highest BCUT2D eigenvalue weighted by Crippen LogP contribution is 2.37. The highest BCUT2D eigenvalue weighted by molar-refractivity contribution is 7.15. The predicted octanol–water partition coefficient (Wildman–Crippen LogP) is 5.81. The van der Waals surface area contributed by atoms with E-state index >= 15 is 0 Å². The Morgan fingerprint density at radius 3 is 2.77 bits per heavy atom. The molecule has 1 unspecified atom stereocenters. The van der Waals surface area contributed by atoms with Gasteiger partial charge in [-0.1, -0.05) is 24.3 Å². The number of rotatable bonds is 6. The van der Waals surface area contributed by atoms with Crippen LogP contribution < -0.4 is 10.5 Å². The molecule has 5 rings (SSSR count). The molecule has 4 nitrogen and oxygen atoms in total. The van der Waals surface area contributed by atoms with Crippen LogP contribution in [0.25, 0.3) is 21.2 Å². The second-order valence-electron chi connectivity index (χ2n) is 7.87. The third-order valence-electron chi connectivity index (χ3n) is 5.91. The topological polar surface area (TPSA) is 51.6 Å². The average molecular weight is 419 g/mol. The van der Waals surface area contributed by atoms with Gasteiger partial charge in [-0.15, -0.1) is 11.3 Å². The summed E-state index contributed by atoms with van der Waals surface area (Å²) in [5.74, 6) is 1.54. The van der Waals surface area contributed by atoms with Crippen molar-refractivity contribution in [3.05, 3.63) is 77.1 Å². The fourth-order valence-electron chi connectivity index (χ4n) is 4.31. The number of fused-ring (bicyclic) bond motifs is 1. The van der Waals surface area contributed by atoms with E-state index in [1.54, 1.807) is 13.4 Å². The van der Waals surface area contributed by atoms with Gasteiger partial charge in [-0.25, -0.2) is 0 Å². The van der Waals surface area contributed by atoms with Gasteiger partial charge in [0.1, 0.15) is 11.5 Å². The van der Waals surface area contributed by atoms with E-state index in [1.165, 1.54) is 35.7 Å². The first-order valence-corrected chi connectivity index (χ1v) is 11.3. The molecule has 0 saturated carbocycles. The Bertz CT molecular complexity index is 1160. The van der Waals surface area contributed by atoms with Gasteiger partial charge in [0.2, 0.25) is 0 Å². The highest BCUT2D eigenvalue weighted by atomic mass is 32.1. The molecule has 4 aromatic rings. The molecule has 154 valence electrons. The summed E-state index contributed by atoms with van der Waals surface area (Å²) >= 11 is 1.86. The van der Waals surface area contributed by atoms with Crippen LogP contribution in [0.5, 0.6) is 5.75 Å². The van der Waals surface area contributed by atoms with Crippen molar-refractivity contribution >= 4 is 22.1 Å². The number of nitrogens with zero attached hydrogens (tertiary/aromatic N) is 1. The predicted molar refractivity (Wildman–Crippen MR) is 123 cm³/mol. The first kappa shape index (κ1) is 19.4. The maximum absolute atomic E-state index is 6.69. The van der Waals surface area contributed by atoms with Crippen LogP contribution >= 0.6 is 11.3 Å². The van der Waals surface area contributed by atoms with E-state index in [1.807, 2.05) is 41.7 Å². The van der Waals surface area contributed by atoms with E-state index in [-0.39, 0.29) is 0 Å². The number of ether oxygens (including phenoxy) is 1. The van der Waals surface area contributed by atoms with Crippen molar-refractivity contribution < 1.29 is 9.15 Å². The second kappa shape index (κ2) is 8.26. The van der Waals surface area contributed by atoms with Crippen LogP contribution in [0, 0.1) is 0 Å². The Morgan fingerprint density at radius 1 is 1.10 bits per heavy atom. The molecule has 1 saturated heterocycles. The summed E-state index contributed by atoms with van der Waals surface area (Å²) in [5, 5.41) is 2.10. The summed E-state index contributed by atoms with van der Waals surface area (Å²) in [4.78, 5) is 5.20. The Hall–Kier alpha value is -2.60. The number of methoxy groups -OCH3 is 1. The van der Waals surface area contributed by atoms with Crippen molar-refractivity contribution in [3.8, 4) is 16.2 Å². The maximum Gasteiger partial charge on any atom is 0.132 e. The summed E-state index contributed by atoms with van der Waals surface area (Å²) < 4.78 is 11.5. The van der Waals surface area contributed by atoms with Gasteiger partial charge in [-0.2, -0.15) is 0 Å². The summed E-state index contributed by atoms with van der Waals surface area (Å²) in [6.45, 7) is 3.48. The van der Waals surface area contributed by atoms with Gasteiger partial charge in [0.15, 0.2) is 0 Å². The molecule has 0 spiro atoms. The summed E-state index contributed by atoms with van der Waals surface area (Å²) in [6, 6.07) is 18.4. The maximum atomic E-state index is 6.69. The van der Waals surface area contributed by atoms with E-state index in [2.05, 4.69) is 29.2 Å². The van der Waals surface area contributed by atoms with Crippen LogP contribution in [-0.2, 0) is 6.54 Å². The lowest BCUT2D eigenvalue weighted by Gasteiger charge is -2.16. The monoisotopic (exact) mass is 418 g/mol.